The molecule has 3 heterocycles. The molecule has 2 aromatic rings. The van der Waals surface area contributed by atoms with E-state index in [4.69, 9.17) is 9.72 Å². The number of anilines is 2. The van der Waals surface area contributed by atoms with Crippen molar-refractivity contribution in [3.05, 3.63) is 6.20 Å². The molecule has 2 N–H and O–H groups in total. The molecule has 1 unspecified atom stereocenters. The van der Waals surface area contributed by atoms with Gasteiger partial charge in [0, 0.05) is 13.1 Å². The zero-order valence-electron chi connectivity index (χ0n) is 12.6. The van der Waals surface area contributed by atoms with Crippen LogP contribution >= 0.6 is 0 Å². The van der Waals surface area contributed by atoms with Gasteiger partial charge in [-0.3, -0.25) is 5.10 Å². The van der Waals surface area contributed by atoms with Crippen molar-refractivity contribution in [2.75, 3.05) is 36.5 Å². The van der Waals surface area contributed by atoms with Gasteiger partial charge in [0.15, 0.2) is 5.65 Å². The van der Waals surface area contributed by atoms with Crippen LogP contribution in [0.2, 0.25) is 0 Å². The fraction of sp³-hybridized carbons (Fsp3) is 0.643. The number of ether oxygens (including phenoxy) is 1. The predicted molar refractivity (Wildman–Crippen MR) is 82.7 cm³/mol. The van der Waals surface area contributed by atoms with Crippen LogP contribution in [0.15, 0.2) is 6.20 Å². The first-order chi connectivity index (χ1) is 10.3. The molecule has 1 atom stereocenters. The molecule has 0 spiro atoms. The van der Waals surface area contributed by atoms with E-state index in [1.807, 2.05) is 0 Å². The molecule has 1 aliphatic heterocycles. The molecule has 1 saturated heterocycles. The van der Waals surface area contributed by atoms with E-state index in [1.165, 1.54) is 0 Å². The van der Waals surface area contributed by atoms with Crippen LogP contribution in [-0.4, -0.2) is 52.5 Å². The van der Waals surface area contributed by atoms with Gasteiger partial charge in [-0.25, -0.2) is 0 Å². The fourth-order valence-corrected chi connectivity index (χ4v) is 2.63. The lowest BCUT2D eigenvalue weighted by Gasteiger charge is -2.36. The number of fused-ring (bicyclic) bond motifs is 1. The molecule has 7 nitrogen and oxygen atoms in total. The molecule has 1 aliphatic rings. The maximum atomic E-state index is 5.59. The van der Waals surface area contributed by atoms with E-state index in [2.05, 4.69) is 39.2 Å². The third kappa shape index (κ3) is 2.78. The number of aromatic nitrogens is 4. The van der Waals surface area contributed by atoms with Gasteiger partial charge in [-0.05, 0) is 12.8 Å². The zero-order chi connectivity index (χ0) is 14.7. The van der Waals surface area contributed by atoms with Crippen LogP contribution in [0.3, 0.4) is 0 Å². The monoisotopic (exact) mass is 290 g/mol. The maximum absolute atomic E-state index is 5.59. The van der Waals surface area contributed by atoms with Crippen molar-refractivity contribution >= 4 is 22.8 Å². The van der Waals surface area contributed by atoms with Crippen molar-refractivity contribution in [2.24, 2.45) is 0 Å². The maximum Gasteiger partial charge on any atom is 0.226 e. The van der Waals surface area contributed by atoms with E-state index in [0.29, 0.717) is 12.0 Å². The second-order valence-corrected chi connectivity index (χ2v) is 5.26. The molecule has 114 valence electrons. The fourth-order valence-electron chi connectivity index (χ4n) is 2.63. The Morgan fingerprint density at radius 2 is 2.33 bits per heavy atom. The first-order valence-electron chi connectivity index (χ1n) is 7.62. The lowest BCUT2D eigenvalue weighted by molar-refractivity contribution is 0.0927. The van der Waals surface area contributed by atoms with Crippen LogP contribution in [0.25, 0.3) is 11.0 Å². The summed E-state index contributed by atoms with van der Waals surface area (Å²) in [4.78, 5) is 11.5. The van der Waals surface area contributed by atoms with Gasteiger partial charge in [0.05, 0.1) is 30.8 Å². The molecule has 1 fully saturated rings. The molecule has 0 saturated carbocycles. The van der Waals surface area contributed by atoms with Crippen LogP contribution < -0.4 is 10.2 Å². The van der Waals surface area contributed by atoms with Crippen LogP contribution in [0.1, 0.15) is 26.7 Å². The van der Waals surface area contributed by atoms with Gasteiger partial charge in [0.2, 0.25) is 5.95 Å². The third-order valence-corrected chi connectivity index (χ3v) is 3.79. The number of nitrogens with one attached hydrogen (secondary N) is 2. The van der Waals surface area contributed by atoms with E-state index in [1.54, 1.807) is 6.20 Å². The quantitative estimate of drug-likeness (QED) is 0.874. The molecule has 21 heavy (non-hydrogen) atoms. The predicted octanol–water partition coefficient (Wildman–Crippen LogP) is 1.79. The Morgan fingerprint density at radius 1 is 1.43 bits per heavy atom. The van der Waals surface area contributed by atoms with E-state index in [0.717, 1.165) is 56.0 Å². The van der Waals surface area contributed by atoms with E-state index < -0.39 is 0 Å². The summed E-state index contributed by atoms with van der Waals surface area (Å²) in [5.41, 5.74) is 0.778. The molecule has 3 rings (SSSR count). The summed E-state index contributed by atoms with van der Waals surface area (Å²) in [7, 11) is 0. The van der Waals surface area contributed by atoms with Crippen LogP contribution in [0.5, 0.6) is 0 Å². The molecule has 0 aromatic carbocycles. The Bertz CT molecular complexity index is 598. The first-order valence-corrected chi connectivity index (χ1v) is 7.62. The normalized spacial score (nSPS) is 19.1. The van der Waals surface area contributed by atoms with Gasteiger partial charge >= 0.3 is 0 Å². The van der Waals surface area contributed by atoms with Gasteiger partial charge in [0.1, 0.15) is 5.82 Å². The van der Waals surface area contributed by atoms with Crippen molar-refractivity contribution < 1.29 is 4.74 Å². The van der Waals surface area contributed by atoms with Crippen molar-refractivity contribution in [2.45, 2.75) is 32.7 Å². The number of hydrogen-bond acceptors (Lipinski definition) is 6. The highest BCUT2D eigenvalue weighted by molar-refractivity contribution is 5.87. The number of H-pyrrole nitrogens is 1. The summed E-state index contributed by atoms with van der Waals surface area (Å²) in [5, 5.41) is 11.3. The standard InChI is InChI=1S/C14H22N6O/c1-3-5-15-14-17-12-11(8-16-19-12)13(18-14)20-6-7-21-9-10(20)4-2/h8,10H,3-7,9H2,1-2H3,(H2,15,16,17,18,19). The molecule has 0 bridgehead atoms. The largest absolute Gasteiger partial charge is 0.377 e. The van der Waals surface area contributed by atoms with Gasteiger partial charge in [0.25, 0.3) is 0 Å². The Labute approximate surface area is 124 Å². The first kappa shape index (κ1) is 14.1. The number of aromatic amines is 1. The van der Waals surface area contributed by atoms with Crippen LogP contribution in [-0.2, 0) is 4.74 Å². The van der Waals surface area contributed by atoms with Gasteiger partial charge in [-0.15, -0.1) is 0 Å². The SMILES string of the molecule is CCCNc1nc(N2CCOCC2CC)c2cn[nH]c2n1. The Balaban J connectivity index is 2.00. The topological polar surface area (TPSA) is 79.0 Å². The summed E-state index contributed by atoms with van der Waals surface area (Å²) in [5.74, 6) is 1.60. The number of morpholine rings is 1. The Kier molecular flexibility index (Phi) is 4.19. The van der Waals surface area contributed by atoms with Crippen molar-refractivity contribution in [3.8, 4) is 0 Å². The second-order valence-electron chi connectivity index (χ2n) is 5.26. The molecule has 0 radical (unpaired) electrons. The minimum atomic E-state index is 0.353. The molecule has 0 amide bonds. The number of nitrogens with zero attached hydrogens (tertiary/aromatic N) is 4. The highest BCUT2D eigenvalue weighted by Gasteiger charge is 2.25. The van der Waals surface area contributed by atoms with E-state index >= 15 is 0 Å². The number of hydrogen-bond donors (Lipinski definition) is 2. The van der Waals surface area contributed by atoms with Gasteiger partial charge in [-0.2, -0.15) is 15.1 Å². The second kappa shape index (κ2) is 6.26. The molecule has 7 heteroatoms. The smallest absolute Gasteiger partial charge is 0.226 e. The minimum Gasteiger partial charge on any atom is -0.377 e. The molecular weight excluding hydrogens is 268 g/mol. The summed E-state index contributed by atoms with van der Waals surface area (Å²) >= 11 is 0. The average Bonchev–Trinajstić information content (AvgIpc) is 3.00. The average molecular weight is 290 g/mol. The number of rotatable bonds is 5. The van der Waals surface area contributed by atoms with Crippen molar-refractivity contribution in [3.63, 3.8) is 0 Å². The Morgan fingerprint density at radius 3 is 3.14 bits per heavy atom. The molecule has 0 aliphatic carbocycles. The summed E-state index contributed by atoms with van der Waals surface area (Å²) < 4.78 is 5.59. The Hall–Kier alpha value is -1.89. The lowest BCUT2D eigenvalue weighted by atomic mass is 10.1. The van der Waals surface area contributed by atoms with Crippen LogP contribution in [0, 0.1) is 0 Å². The minimum absolute atomic E-state index is 0.353. The van der Waals surface area contributed by atoms with Crippen molar-refractivity contribution in [1.82, 2.24) is 20.2 Å². The van der Waals surface area contributed by atoms with Crippen molar-refractivity contribution in [1.29, 1.82) is 0 Å². The zero-order valence-corrected chi connectivity index (χ0v) is 12.6. The highest BCUT2D eigenvalue weighted by atomic mass is 16.5. The summed E-state index contributed by atoms with van der Waals surface area (Å²) in [6.07, 6.45) is 3.87. The summed E-state index contributed by atoms with van der Waals surface area (Å²) in [6.45, 7) is 7.49. The summed E-state index contributed by atoms with van der Waals surface area (Å²) in [6, 6.07) is 0.353. The van der Waals surface area contributed by atoms with Gasteiger partial charge < -0.3 is 15.0 Å². The van der Waals surface area contributed by atoms with E-state index in [-0.39, 0.29) is 0 Å². The van der Waals surface area contributed by atoms with Crippen LogP contribution in [0.4, 0.5) is 11.8 Å². The molecular formula is C14H22N6O. The lowest BCUT2D eigenvalue weighted by Crippen LogP contribution is -2.45. The molecule has 2 aromatic heterocycles. The highest BCUT2D eigenvalue weighted by Crippen LogP contribution is 2.27. The van der Waals surface area contributed by atoms with E-state index in [9.17, 15) is 0 Å². The third-order valence-electron chi connectivity index (χ3n) is 3.79. The van der Waals surface area contributed by atoms with Gasteiger partial charge in [-0.1, -0.05) is 13.8 Å².